The molecule has 2 nitrogen and oxygen atoms in total. The molecule has 1 aliphatic carbocycles. The largest absolute Gasteiger partial charge is 0.465 e. The molecule has 0 aliphatic heterocycles. The first kappa shape index (κ1) is 13.5. The first-order valence-corrected chi connectivity index (χ1v) is 6.42. The van der Waals surface area contributed by atoms with Gasteiger partial charge in [0, 0.05) is 0 Å². The predicted octanol–water partition coefficient (Wildman–Crippen LogP) is 3.79. The van der Waals surface area contributed by atoms with Gasteiger partial charge in [-0.25, -0.2) is 0 Å². The van der Waals surface area contributed by atoms with Gasteiger partial charge < -0.3 is 4.74 Å². The van der Waals surface area contributed by atoms with E-state index in [1.54, 1.807) is 0 Å². The van der Waals surface area contributed by atoms with E-state index in [2.05, 4.69) is 34.6 Å². The molecule has 16 heavy (non-hydrogen) atoms. The third-order valence-electron chi connectivity index (χ3n) is 5.07. The summed E-state index contributed by atoms with van der Waals surface area (Å²) in [4.78, 5) is 12.0. The van der Waals surface area contributed by atoms with Crippen LogP contribution in [-0.4, -0.2) is 12.6 Å². The van der Waals surface area contributed by atoms with Gasteiger partial charge in [0.15, 0.2) is 0 Å². The fraction of sp³-hybridized carbons (Fsp3) is 0.929. The molecule has 0 bridgehead atoms. The monoisotopic (exact) mass is 226 g/mol. The average Bonchev–Trinajstić information content (AvgIpc) is 2.82. The molecule has 0 aromatic heterocycles. The first-order chi connectivity index (χ1) is 7.25. The summed E-state index contributed by atoms with van der Waals surface area (Å²) in [5, 5.41) is 0. The van der Waals surface area contributed by atoms with Gasteiger partial charge in [0.1, 0.15) is 0 Å². The van der Waals surface area contributed by atoms with Crippen LogP contribution in [0.3, 0.4) is 0 Å². The quantitative estimate of drug-likeness (QED) is 0.667. The lowest BCUT2D eigenvalue weighted by atomic mass is 9.71. The van der Waals surface area contributed by atoms with Gasteiger partial charge in [0.25, 0.3) is 0 Å². The Hall–Kier alpha value is -0.530. The summed E-state index contributed by atoms with van der Waals surface area (Å²) >= 11 is 0. The summed E-state index contributed by atoms with van der Waals surface area (Å²) in [7, 11) is 0. The van der Waals surface area contributed by atoms with Gasteiger partial charge in [-0.05, 0) is 30.6 Å². The maximum absolute atomic E-state index is 12.0. The van der Waals surface area contributed by atoms with Crippen LogP contribution in [0.4, 0.5) is 0 Å². The topological polar surface area (TPSA) is 26.3 Å². The normalized spacial score (nSPS) is 33.6. The van der Waals surface area contributed by atoms with Crippen LogP contribution in [0.5, 0.6) is 0 Å². The number of carbonyl (C=O) groups excluding carboxylic acids is 1. The number of hydrogen-bond acceptors (Lipinski definition) is 2. The lowest BCUT2D eigenvalue weighted by Gasteiger charge is -2.34. The fourth-order valence-corrected chi connectivity index (χ4v) is 2.69. The van der Waals surface area contributed by atoms with E-state index in [-0.39, 0.29) is 22.2 Å². The van der Waals surface area contributed by atoms with Crippen LogP contribution in [0.1, 0.15) is 60.8 Å². The molecular weight excluding hydrogens is 200 g/mol. The number of hydrogen-bond donors (Lipinski definition) is 0. The smallest absolute Gasteiger partial charge is 0.312 e. The molecule has 1 rings (SSSR count). The van der Waals surface area contributed by atoms with Crippen LogP contribution in [0.2, 0.25) is 0 Å². The minimum atomic E-state index is -0.262. The second kappa shape index (κ2) is 4.05. The second-order valence-corrected chi connectivity index (χ2v) is 6.21. The molecule has 1 aliphatic rings. The number of esters is 1. The molecule has 2 unspecified atom stereocenters. The van der Waals surface area contributed by atoms with Crippen molar-refractivity contribution in [3.05, 3.63) is 0 Å². The lowest BCUT2D eigenvalue weighted by Crippen LogP contribution is -2.32. The van der Waals surface area contributed by atoms with Crippen molar-refractivity contribution in [2.24, 2.45) is 16.2 Å². The van der Waals surface area contributed by atoms with E-state index in [4.69, 9.17) is 4.74 Å². The highest BCUT2D eigenvalue weighted by molar-refractivity contribution is 5.81. The van der Waals surface area contributed by atoms with Crippen molar-refractivity contribution in [1.29, 1.82) is 0 Å². The van der Waals surface area contributed by atoms with E-state index >= 15 is 0 Å². The number of ether oxygens (including phenoxy) is 1. The fourth-order valence-electron chi connectivity index (χ4n) is 2.69. The van der Waals surface area contributed by atoms with Crippen molar-refractivity contribution >= 4 is 5.97 Å². The molecule has 1 fully saturated rings. The third kappa shape index (κ3) is 1.76. The van der Waals surface area contributed by atoms with Crippen molar-refractivity contribution in [3.8, 4) is 0 Å². The molecule has 1 saturated carbocycles. The zero-order chi connectivity index (χ0) is 12.6. The Morgan fingerprint density at radius 1 is 1.31 bits per heavy atom. The highest BCUT2D eigenvalue weighted by atomic mass is 16.5. The van der Waals surface area contributed by atoms with Crippen molar-refractivity contribution in [3.63, 3.8) is 0 Å². The molecule has 2 atom stereocenters. The van der Waals surface area contributed by atoms with Gasteiger partial charge in [-0.15, -0.1) is 0 Å². The van der Waals surface area contributed by atoms with Gasteiger partial charge in [-0.3, -0.25) is 4.79 Å². The molecule has 0 N–H and O–H groups in total. The summed E-state index contributed by atoms with van der Waals surface area (Å²) in [6.45, 7) is 13.6. The second-order valence-electron chi connectivity index (χ2n) is 6.21. The van der Waals surface area contributed by atoms with Gasteiger partial charge in [0.2, 0.25) is 0 Å². The van der Waals surface area contributed by atoms with Crippen molar-refractivity contribution in [2.45, 2.75) is 60.8 Å². The lowest BCUT2D eigenvalue weighted by molar-refractivity contribution is -0.152. The zero-order valence-corrected chi connectivity index (χ0v) is 11.6. The van der Waals surface area contributed by atoms with Crippen LogP contribution >= 0.6 is 0 Å². The molecule has 0 aromatic carbocycles. The first-order valence-electron chi connectivity index (χ1n) is 6.42. The molecule has 0 aromatic rings. The molecular formula is C14H26O2. The van der Waals surface area contributed by atoms with E-state index in [1.165, 1.54) is 0 Å². The van der Waals surface area contributed by atoms with Crippen LogP contribution in [-0.2, 0) is 9.53 Å². The van der Waals surface area contributed by atoms with Crippen molar-refractivity contribution < 1.29 is 9.53 Å². The Balaban J connectivity index is 2.74. The minimum Gasteiger partial charge on any atom is -0.465 e. The van der Waals surface area contributed by atoms with E-state index in [1.807, 2.05) is 6.92 Å². The molecule has 0 heterocycles. The summed E-state index contributed by atoms with van der Waals surface area (Å²) in [5.74, 6) is -0.00150. The Morgan fingerprint density at radius 2 is 1.88 bits per heavy atom. The van der Waals surface area contributed by atoms with E-state index in [0.29, 0.717) is 6.61 Å². The maximum atomic E-state index is 12.0. The summed E-state index contributed by atoms with van der Waals surface area (Å²) in [6, 6.07) is 0. The highest BCUT2D eigenvalue weighted by Gasteiger charge is 2.71. The minimum absolute atomic E-state index is 0.00150. The Kier molecular flexibility index (Phi) is 3.42. The van der Waals surface area contributed by atoms with Crippen molar-refractivity contribution in [1.82, 2.24) is 0 Å². The summed E-state index contributed by atoms with van der Waals surface area (Å²) in [5.41, 5.74) is 0.0360. The van der Waals surface area contributed by atoms with Gasteiger partial charge >= 0.3 is 5.97 Å². The Morgan fingerprint density at radius 3 is 2.31 bits per heavy atom. The van der Waals surface area contributed by atoms with E-state index in [9.17, 15) is 4.79 Å². The SMILES string of the molecule is CCCOC(=O)C1(C)CC1(C)C(C)(C)CC. The van der Waals surface area contributed by atoms with Gasteiger partial charge in [-0.2, -0.15) is 0 Å². The van der Waals surface area contributed by atoms with Gasteiger partial charge in [0.05, 0.1) is 12.0 Å². The van der Waals surface area contributed by atoms with E-state index < -0.39 is 0 Å². The molecule has 94 valence electrons. The summed E-state index contributed by atoms with van der Waals surface area (Å²) in [6.07, 6.45) is 2.96. The van der Waals surface area contributed by atoms with Crippen LogP contribution in [0.15, 0.2) is 0 Å². The molecule has 0 radical (unpaired) electrons. The van der Waals surface area contributed by atoms with Crippen LogP contribution in [0.25, 0.3) is 0 Å². The van der Waals surface area contributed by atoms with E-state index in [0.717, 1.165) is 19.3 Å². The molecule has 2 heteroatoms. The maximum Gasteiger partial charge on any atom is 0.312 e. The zero-order valence-electron chi connectivity index (χ0n) is 11.6. The third-order valence-corrected chi connectivity index (χ3v) is 5.07. The number of carbonyl (C=O) groups is 1. The van der Waals surface area contributed by atoms with Crippen LogP contribution < -0.4 is 0 Å². The average molecular weight is 226 g/mol. The molecule has 0 saturated heterocycles. The molecule has 0 spiro atoms. The number of rotatable bonds is 5. The predicted molar refractivity (Wildman–Crippen MR) is 66.2 cm³/mol. The Labute approximate surface area is 99.8 Å². The van der Waals surface area contributed by atoms with Gasteiger partial charge in [-0.1, -0.05) is 41.0 Å². The highest BCUT2D eigenvalue weighted by Crippen LogP contribution is 2.72. The standard InChI is InChI=1S/C14H26O2/c1-7-9-16-11(15)13(5)10-14(13,6)12(3,4)8-2/h7-10H2,1-6H3. The van der Waals surface area contributed by atoms with Crippen molar-refractivity contribution in [2.75, 3.05) is 6.61 Å². The Bertz CT molecular complexity index is 282. The summed E-state index contributed by atoms with van der Waals surface area (Å²) < 4.78 is 5.31. The van der Waals surface area contributed by atoms with Crippen LogP contribution in [0, 0.1) is 16.2 Å². The molecule has 0 amide bonds.